The third-order valence-electron chi connectivity index (χ3n) is 3.01. The molecule has 0 aromatic heterocycles. The Kier molecular flexibility index (Phi) is 18.5. The van der Waals surface area contributed by atoms with Gasteiger partial charge in [0, 0.05) is 31.2 Å². The van der Waals surface area contributed by atoms with Crippen LogP contribution >= 0.6 is 0 Å². The summed E-state index contributed by atoms with van der Waals surface area (Å²) < 4.78 is 5.62. The standard InChI is InChI=1S/C14H18O.C6H7.C2H7Si.Ti/c1-4-12(2)10-13(3)11-15-14-8-6-5-7-9-14;1-6-4-2-3-5-6;1-3-2;/h4-10H,11H2,1-3H3;2,4H,3H2,1H3;3H,1-2H3;/q;-1;;. The molecule has 3 heteroatoms. The van der Waals surface area contributed by atoms with Crippen molar-refractivity contribution >= 4 is 9.52 Å². The summed E-state index contributed by atoms with van der Waals surface area (Å²) in [6.45, 7) is 13.3. The Morgan fingerprint density at radius 2 is 1.80 bits per heavy atom. The number of allylic oxidation sites excluding steroid dienone is 7. The number of hydrogen-bond acceptors (Lipinski definition) is 1. The smallest absolute Gasteiger partial charge is 0.119 e. The van der Waals surface area contributed by atoms with E-state index in [9.17, 15) is 0 Å². The minimum atomic E-state index is 0. The van der Waals surface area contributed by atoms with Crippen molar-refractivity contribution in [3.63, 3.8) is 0 Å². The van der Waals surface area contributed by atoms with Crippen molar-refractivity contribution in [3.05, 3.63) is 77.4 Å². The summed E-state index contributed by atoms with van der Waals surface area (Å²) in [5.74, 6) is 0.920. The molecule has 0 amide bonds. The van der Waals surface area contributed by atoms with Crippen LogP contribution in [0.4, 0.5) is 0 Å². The van der Waals surface area contributed by atoms with Gasteiger partial charge in [0.05, 0.1) is 0 Å². The predicted molar refractivity (Wildman–Crippen MR) is 110 cm³/mol. The van der Waals surface area contributed by atoms with Gasteiger partial charge < -0.3 is 4.74 Å². The molecule has 25 heavy (non-hydrogen) atoms. The molecule has 0 heterocycles. The van der Waals surface area contributed by atoms with Crippen molar-refractivity contribution in [3.8, 4) is 5.75 Å². The largest absolute Gasteiger partial charge is 0.489 e. The molecule has 1 nitrogen and oxygen atoms in total. The summed E-state index contributed by atoms with van der Waals surface area (Å²) in [5, 5.41) is 0. The zero-order valence-electron chi connectivity index (χ0n) is 16.6. The molecule has 0 saturated heterocycles. The molecule has 0 spiro atoms. The Hall–Kier alpha value is -1.09. The van der Waals surface area contributed by atoms with Crippen molar-refractivity contribution in [1.29, 1.82) is 0 Å². The van der Waals surface area contributed by atoms with Crippen LogP contribution in [0.5, 0.6) is 5.75 Å². The third-order valence-corrected chi connectivity index (χ3v) is 3.01. The van der Waals surface area contributed by atoms with Crippen LogP contribution < -0.4 is 4.74 Å². The predicted octanol–water partition coefficient (Wildman–Crippen LogP) is 6.19. The normalized spacial score (nSPS) is 12.8. The zero-order valence-corrected chi connectivity index (χ0v) is 19.3. The Balaban J connectivity index is 0. The van der Waals surface area contributed by atoms with E-state index in [0.29, 0.717) is 6.61 Å². The summed E-state index contributed by atoms with van der Waals surface area (Å²) in [4.78, 5) is 0. The zero-order chi connectivity index (χ0) is 18.2. The van der Waals surface area contributed by atoms with Gasteiger partial charge in [-0.1, -0.05) is 55.9 Å². The monoisotopic (exact) mass is 388 g/mol. The average Bonchev–Trinajstić information content (AvgIpc) is 3.06. The molecule has 1 aliphatic carbocycles. The van der Waals surface area contributed by atoms with E-state index >= 15 is 0 Å². The SMILES string of the molecule is CC1=[C-]CC=C1.CC=C(C)C=C(C)COc1ccccc1.C[SiH]C.[Ti]. The molecule has 1 radical (unpaired) electrons. The maximum absolute atomic E-state index is 5.62. The maximum atomic E-state index is 5.62. The molecular formula is C22H32OSiTi-. The van der Waals surface area contributed by atoms with Crippen LogP contribution in [0.15, 0.2) is 71.4 Å². The van der Waals surface area contributed by atoms with Crippen LogP contribution in [0.3, 0.4) is 0 Å². The van der Waals surface area contributed by atoms with Gasteiger partial charge in [0.1, 0.15) is 12.4 Å². The summed E-state index contributed by atoms with van der Waals surface area (Å²) >= 11 is 0. The first-order chi connectivity index (χ1) is 11.5. The summed E-state index contributed by atoms with van der Waals surface area (Å²) in [6.07, 6.45) is 12.6. The second-order valence-electron chi connectivity index (χ2n) is 5.67. The molecule has 0 N–H and O–H groups in total. The minimum absolute atomic E-state index is 0. The van der Waals surface area contributed by atoms with Gasteiger partial charge in [0.25, 0.3) is 0 Å². The molecule has 0 fully saturated rings. The molecule has 1 aliphatic rings. The maximum Gasteiger partial charge on any atom is 0.119 e. The van der Waals surface area contributed by atoms with Gasteiger partial charge in [-0.15, -0.1) is 6.42 Å². The van der Waals surface area contributed by atoms with Gasteiger partial charge in [0.2, 0.25) is 0 Å². The fraction of sp³-hybridized carbons (Fsp3) is 0.364. The van der Waals surface area contributed by atoms with Crippen molar-refractivity contribution in [2.75, 3.05) is 6.61 Å². The molecule has 2 rings (SSSR count). The Morgan fingerprint density at radius 1 is 1.20 bits per heavy atom. The van der Waals surface area contributed by atoms with Crippen LogP contribution in [-0.2, 0) is 21.7 Å². The fourth-order valence-corrected chi connectivity index (χ4v) is 1.74. The van der Waals surface area contributed by atoms with Crippen LogP contribution in [-0.4, -0.2) is 16.1 Å². The van der Waals surface area contributed by atoms with E-state index in [1.165, 1.54) is 16.7 Å². The number of benzene rings is 1. The average molecular weight is 388 g/mol. The second kappa shape index (κ2) is 17.7. The Bertz CT molecular complexity index is 554. The molecule has 0 aliphatic heterocycles. The molecular weight excluding hydrogens is 356 g/mol. The first-order valence-corrected chi connectivity index (χ1v) is 10.8. The van der Waals surface area contributed by atoms with Crippen LogP contribution in [0.2, 0.25) is 13.1 Å². The molecule has 1 aromatic rings. The van der Waals surface area contributed by atoms with E-state index in [1.807, 2.05) is 37.3 Å². The molecule has 0 unspecified atom stereocenters. The van der Waals surface area contributed by atoms with Gasteiger partial charge in [-0.05, 0) is 38.5 Å². The van der Waals surface area contributed by atoms with Crippen LogP contribution in [0.25, 0.3) is 0 Å². The quantitative estimate of drug-likeness (QED) is 0.339. The first-order valence-electron chi connectivity index (χ1n) is 8.49. The van der Waals surface area contributed by atoms with E-state index in [-0.39, 0.29) is 21.7 Å². The topological polar surface area (TPSA) is 9.23 Å². The summed E-state index contributed by atoms with van der Waals surface area (Å²) in [6, 6.07) is 9.88. The Morgan fingerprint density at radius 3 is 2.20 bits per heavy atom. The van der Waals surface area contributed by atoms with E-state index in [0.717, 1.165) is 21.7 Å². The van der Waals surface area contributed by atoms with Gasteiger partial charge in [0.15, 0.2) is 0 Å². The number of hydrogen-bond donors (Lipinski definition) is 0. The fourth-order valence-electron chi connectivity index (χ4n) is 1.74. The molecule has 1 aromatic carbocycles. The summed E-state index contributed by atoms with van der Waals surface area (Å²) in [5.41, 5.74) is 3.77. The third kappa shape index (κ3) is 16.1. The van der Waals surface area contributed by atoms with Crippen LogP contribution in [0, 0.1) is 6.08 Å². The second-order valence-corrected chi connectivity index (χ2v) is 6.82. The van der Waals surface area contributed by atoms with Crippen molar-refractivity contribution < 1.29 is 26.5 Å². The summed E-state index contributed by atoms with van der Waals surface area (Å²) in [7, 11) is 0.750. The molecule has 0 atom stereocenters. The van der Waals surface area contributed by atoms with Gasteiger partial charge in [-0.25, -0.2) is 11.6 Å². The van der Waals surface area contributed by atoms with E-state index in [1.54, 1.807) is 0 Å². The molecule has 0 saturated carbocycles. The van der Waals surface area contributed by atoms with Gasteiger partial charge in [-0.2, -0.15) is 6.08 Å². The van der Waals surface area contributed by atoms with E-state index in [2.05, 4.69) is 64.2 Å². The number of para-hydroxylation sites is 1. The van der Waals surface area contributed by atoms with E-state index in [4.69, 9.17) is 4.74 Å². The Labute approximate surface area is 172 Å². The molecule has 0 bridgehead atoms. The van der Waals surface area contributed by atoms with Gasteiger partial charge in [-0.3, -0.25) is 6.08 Å². The van der Waals surface area contributed by atoms with Crippen molar-refractivity contribution in [2.45, 2.75) is 47.2 Å². The number of rotatable bonds is 4. The van der Waals surface area contributed by atoms with Crippen molar-refractivity contribution in [1.82, 2.24) is 0 Å². The number of ether oxygens (including phenoxy) is 1. The van der Waals surface area contributed by atoms with Crippen LogP contribution in [0.1, 0.15) is 34.1 Å². The van der Waals surface area contributed by atoms with Gasteiger partial charge >= 0.3 is 0 Å². The van der Waals surface area contributed by atoms with E-state index < -0.39 is 0 Å². The van der Waals surface area contributed by atoms with Crippen molar-refractivity contribution in [2.24, 2.45) is 0 Å². The molecule has 135 valence electrons. The first kappa shape index (κ1) is 26.1. The minimum Gasteiger partial charge on any atom is -0.489 e.